The molecule has 11 atom stereocenters. The number of amides is 9. The second-order valence-corrected chi connectivity index (χ2v) is 18.9. The van der Waals surface area contributed by atoms with Gasteiger partial charge in [0.1, 0.15) is 48.6 Å². The van der Waals surface area contributed by atoms with Crippen molar-refractivity contribution in [3.05, 3.63) is 11.8 Å². The molecule has 0 aromatic rings. The zero-order chi connectivity index (χ0) is 58.9. The summed E-state index contributed by atoms with van der Waals surface area (Å²) < 4.78 is 5.26. The number of hydrogen-bond donors (Lipinski definition) is 17. The Hall–Kier alpha value is -6.08. The highest BCUT2D eigenvalue weighted by Gasteiger charge is 2.40. The van der Waals surface area contributed by atoms with E-state index in [1.54, 1.807) is 0 Å². The number of halogens is 1. The molecule has 0 spiro atoms. The van der Waals surface area contributed by atoms with Crippen molar-refractivity contribution in [3.63, 3.8) is 0 Å². The lowest BCUT2D eigenvalue weighted by atomic mass is 10.0. The normalized spacial score (nSPS) is 24.4. The van der Waals surface area contributed by atoms with Crippen molar-refractivity contribution in [2.45, 2.75) is 184 Å². The number of nitrogens with two attached hydrogens (primary N) is 2. The highest BCUT2D eigenvalue weighted by atomic mass is 35.5. The van der Waals surface area contributed by atoms with E-state index in [9.17, 15) is 83.4 Å². The van der Waals surface area contributed by atoms with E-state index in [1.165, 1.54) is 13.3 Å². The highest BCUT2D eigenvalue weighted by Crippen LogP contribution is 2.13. The SMILES string of the molecule is C/C=C1\NC(=O)[C@H]([C@H](C)O)NC(=O)C(CCCN)NC(=O)C(CCO)NC(=O)CNC(=O)C(CCN)NC(=O)C(NC(=O)CC(O)CCCCCCCCCCC)COC(=O)C([C@@H](O)CCl)NC(=O)[C@H](C(O)C(=O)O)NC1=O. The molecule has 0 bridgehead atoms. The van der Waals surface area contributed by atoms with Gasteiger partial charge >= 0.3 is 11.9 Å². The first-order valence-electron chi connectivity index (χ1n) is 26.0. The minimum absolute atomic E-state index is 0.00559. The summed E-state index contributed by atoms with van der Waals surface area (Å²) in [5.41, 5.74) is 10.6. The summed E-state index contributed by atoms with van der Waals surface area (Å²) >= 11 is 5.84. The Morgan fingerprint density at radius 2 is 1.28 bits per heavy atom. The summed E-state index contributed by atoms with van der Waals surface area (Å²) in [6, 6.07) is -13.3. The number of carboxylic acid groups (broad SMARTS) is 1. The molecule has 0 saturated carbocycles. The van der Waals surface area contributed by atoms with Crippen LogP contribution in [0.2, 0.25) is 0 Å². The fraction of sp³-hybridized carbons (Fsp3) is 0.729. The number of allylic oxidation sites excluding steroid dienone is 1. The van der Waals surface area contributed by atoms with Crippen molar-refractivity contribution in [2.75, 3.05) is 38.7 Å². The predicted octanol–water partition coefficient (Wildman–Crippen LogP) is -5.36. The molecular formula is C48H82ClN11O18. The van der Waals surface area contributed by atoms with Gasteiger partial charge in [-0.1, -0.05) is 70.8 Å². The Kier molecular flexibility index (Phi) is 34.5. The van der Waals surface area contributed by atoms with Crippen LogP contribution in [-0.2, 0) is 57.5 Å². The quantitative estimate of drug-likeness (QED) is 0.0176. The van der Waals surface area contributed by atoms with Crippen LogP contribution in [-0.4, -0.2) is 201 Å². The second-order valence-electron chi connectivity index (χ2n) is 18.6. The number of hydrogen-bond acceptors (Lipinski definition) is 19. The summed E-state index contributed by atoms with van der Waals surface area (Å²) in [5.74, 6) is -15.3. The van der Waals surface area contributed by atoms with Crippen molar-refractivity contribution in [1.29, 1.82) is 0 Å². The van der Waals surface area contributed by atoms with Crippen LogP contribution in [0.1, 0.15) is 117 Å². The number of carboxylic acids is 1. The van der Waals surface area contributed by atoms with E-state index in [0.717, 1.165) is 57.9 Å². The average molecular weight is 1140 g/mol. The smallest absolute Gasteiger partial charge is 0.335 e. The molecule has 1 saturated heterocycles. The second kappa shape index (κ2) is 38.5. The van der Waals surface area contributed by atoms with Gasteiger partial charge in [0.15, 0.2) is 12.1 Å². The van der Waals surface area contributed by atoms with Crippen LogP contribution < -0.4 is 59.3 Å². The Morgan fingerprint density at radius 1 is 0.705 bits per heavy atom. The third kappa shape index (κ3) is 26.0. The van der Waals surface area contributed by atoms with E-state index < -0.39 is 176 Å². The van der Waals surface area contributed by atoms with Gasteiger partial charge in [-0.25, -0.2) is 9.59 Å². The molecule has 9 amide bonds. The molecule has 0 aliphatic carbocycles. The molecule has 7 unspecified atom stereocenters. The third-order valence-corrected chi connectivity index (χ3v) is 12.4. The van der Waals surface area contributed by atoms with E-state index in [1.807, 2.05) is 10.6 Å². The fourth-order valence-corrected chi connectivity index (χ4v) is 7.80. The number of alkyl halides is 1. The maximum atomic E-state index is 13.9. The minimum atomic E-state index is -2.80. The van der Waals surface area contributed by atoms with Gasteiger partial charge in [0.05, 0.1) is 37.2 Å². The van der Waals surface area contributed by atoms with Gasteiger partial charge in [-0.3, -0.25) is 43.2 Å². The molecule has 29 nitrogen and oxygen atoms in total. The Bertz CT molecular complexity index is 2020. The Labute approximate surface area is 457 Å². The van der Waals surface area contributed by atoms with Crippen molar-refractivity contribution in [1.82, 2.24) is 47.9 Å². The van der Waals surface area contributed by atoms with Crippen LogP contribution >= 0.6 is 11.6 Å². The van der Waals surface area contributed by atoms with E-state index in [-0.39, 0.29) is 38.8 Å². The maximum Gasteiger partial charge on any atom is 0.335 e. The Morgan fingerprint density at radius 3 is 1.85 bits per heavy atom. The maximum absolute atomic E-state index is 13.9. The number of carbonyl (C=O) groups is 11. The van der Waals surface area contributed by atoms with Crippen LogP contribution in [0, 0.1) is 0 Å². The number of nitrogens with one attached hydrogen (secondary N) is 9. The first-order chi connectivity index (χ1) is 37.0. The molecule has 78 heavy (non-hydrogen) atoms. The van der Waals surface area contributed by atoms with Crippen LogP contribution in [0.25, 0.3) is 0 Å². The van der Waals surface area contributed by atoms with Gasteiger partial charge in [0, 0.05) is 6.61 Å². The summed E-state index contributed by atoms with van der Waals surface area (Å²) in [5, 5.41) is 81.9. The van der Waals surface area contributed by atoms with Crippen molar-refractivity contribution in [3.8, 4) is 0 Å². The number of aliphatic hydroxyl groups is 5. The molecular weight excluding hydrogens is 1050 g/mol. The standard InChI is InChI=1S/C48H82ClN11O18/c1-4-6-7-8-9-10-11-12-13-15-27(63)22-34(65)54-32-25-78-48(77)37(33(64)23-49)59-46(74)38(39(67)47(75)76)60-41(69)28(5-2)55-45(73)36(26(3)62)58-43(71)29(16-14-19-50)56-42(70)31(18-21-61)53-35(66)24-52-40(68)30(17-20-51)57-44(32)72/h5,26-27,29-33,36-39,61-64,67H,4,6-25,50-51H2,1-3H3,(H,52,68)(H,53,66)(H,54,65)(H,55,73)(H,56,70)(H,57,72)(H,58,71)(H,59,74)(H,60,69)(H,75,76)/b28-5-/t26-,27?,29?,30?,31?,32?,33-,36-,37?,38-,39?/m0/s1. The lowest BCUT2D eigenvalue weighted by Crippen LogP contribution is -2.62. The molecule has 444 valence electrons. The van der Waals surface area contributed by atoms with E-state index >= 15 is 0 Å². The van der Waals surface area contributed by atoms with Crippen molar-refractivity contribution >= 4 is 76.7 Å². The van der Waals surface area contributed by atoms with Gasteiger partial charge in [0.2, 0.25) is 47.3 Å². The Balaban J connectivity index is 3.80. The van der Waals surface area contributed by atoms with E-state index in [4.69, 9.17) is 27.8 Å². The number of aliphatic hydroxyl groups excluding tert-OH is 5. The molecule has 1 aliphatic rings. The third-order valence-electron chi connectivity index (χ3n) is 12.1. The van der Waals surface area contributed by atoms with Gasteiger partial charge in [-0.15, -0.1) is 11.6 Å². The summed E-state index contributed by atoms with van der Waals surface area (Å²) in [6.45, 7) is 1.46. The number of cyclic esters (lactones) is 1. The largest absolute Gasteiger partial charge is 0.479 e. The predicted molar refractivity (Wildman–Crippen MR) is 278 cm³/mol. The van der Waals surface area contributed by atoms with Crippen LogP contribution in [0.3, 0.4) is 0 Å². The van der Waals surface area contributed by atoms with Crippen LogP contribution in [0.5, 0.6) is 0 Å². The molecule has 1 heterocycles. The first-order valence-corrected chi connectivity index (χ1v) is 26.6. The molecule has 0 aromatic carbocycles. The summed E-state index contributed by atoms with van der Waals surface area (Å²) in [7, 11) is 0. The van der Waals surface area contributed by atoms with Crippen molar-refractivity contribution < 1.29 is 88.1 Å². The van der Waals surface area contributed by atoms with Gasteiger partial charge in [-0.2, -0.15) is 0 Å². The van der Waals surface area contributed by atoms with Crippen LogP contribution in [0.15, 0.2) is 11.8 Å². The van der Waals surface area contributed by atoms with Gasteiger partial charge in [0.25, 0.3) is 5.91 Å². The zero-order valence-electron chi connectivity index (χ0n) is 44.4. The lowest BCUT2D eigenvalue weighted by Gasteiger charge is -2.28. The van der Waals surface area contributed by atoms with Gasteiger partial charge in [-0.05, 0) is 59.0 Å². The number of esters is 1. The average Bonchev–Trinajstić information content (AvgIpc) is 3.39. The van der Waals surface area contributed by atoms with E-state index in [2.05, 4.69) is 44.1 Å². The van der Waals surface area contributed by atoms with Gasteiger partial charge < -0.3 is 94.7 Å². The summed E-state index contributed by atoms with van der Waals surface area (Å²) in [4.78, 5) is 148. The number of rotatable bonds is 25. The first kappa shape index (κ1) is 69.9. The zero-order valence-corrected chi connectivity index (χ0v) is 45.1. The number of unbranched alkanes of at least 4 members (excludes halogenated alkanes) is 8. The topological polar surface area (TPSA) is 479 Å². The number of aliphatic carboxylic acids is 1. The van der Waals surface area contributed by atoms with Crippen molar-refractivity contribution in [2.24, 2.45) is 11.5 Å². The number of ether oxygens (including phenoxy) is 1. The monoisotopic (exact) mass is 1140 g/mol. The molecule has 1 fully saturated rings. The highest BCUT2D eigenvalue weighted by molar-refractivity contribution is 6.18. The minimum Gasteiger partial charge on any atom is -0.479 e. The molecule has 30 heteroatoms. The molecule has 0 radical (unpaired) electrons. The molecule has 0 aromatic heterocycles. The summed E-state index contributed by atoms with van der Waals surface area (Å²) in [6.07, 6.45) is 0.901. The molecule has 1 aliphatic heterocycles. The number of carbonyl (C=O) groups excluding carboxylic acids is 10. The van der Waals surface area contributed by atoms with E-state index in [0.29, 0.717) is 6.42 Å². The lowest BCUT2D eigenvalue weighted by molar-refractivity contribution is -0.155. The van der Waals surface area contributed by atoms with Crippen LogP contribution in [0.4, 0.5) is 0 Å². The molecule has 1 rings (SSSR count). The fourth-order valence-electron chi connectivity index (χ4n) is 7.63. The molecule has 19 N–H and O–H groups in total.